The number of amides is 1. The Balaban J connectivity index is 1.81. The first-order valence-corrected chi connectivity index (χ1v) is 15.1. The summed E-state index contributed by atoms with van der Waals surface area (Å²) in [5, 5.41) is 28.8. The van der Waals surface area contributed by atoms with E-state index in [9.17, 15) is 18.0 Å². The number of hydrogen-bond acceptors (Lipinski definition) is 11. The van der Waals surface area contributed by atoms with E-state index in [4.69, 9.17) is 20.3 Å². The Bertz CT molecular complexity index is 1490. The van der Waals surface area contributed by atoms with Crippen LogP contribution in [0.1, 0.15) is 61.4 Å². The first-order valence-electron chi connectivity index (χ1n) is 13.5. The van der Waals surface area contributed by atoms with E-state index in [1.165, 1.54) is 16.8 Å². The molecule has 1 aliphatic rings. The van der Waals surface area contributed by atoms with Crippen molar-refractivity contribution in [3.8, 4) is 0 Å². The molecule has 2 atom stereocenters. The number of ether oxygens (including phenoxy) is 1. The van der Waals surface area contributed by atoms with Gasteiger partial charge >= 0.3 is 5.97 Å². The van der Waals surface area contributed by atoms with Gasteiger partial charge in [-0.3, -0.25) is 20.0 Å². The lowest BCUT2D eigenvalue weighted by molar-refractivity contribution is -0.492. The van der Waals surface area contributed by atoms with Crippen molar-refractivity contribution in [2.45, 2.75) is 72.2 Å². The summed E-state index contributed by atoms with van der Waals surface area (Å²) in [4.78, 5) is 33.9. The minimum absolute atomic E-state index is 0.0425. The SMILES string of the molecule is Cc1ccc(C)c(Cc2nc(COC(=O)[C@@H](NC(=O)CCCON(O)O)C(C)C)nn2C2=CC=C(S(N)(=O)=O)CC2F)c1. The van der Waals surface area contributed by atoms with E-state index in [1.807, 2.05) is 32.0 Å². The summed E-state index contributed by atoms with van der Waals surface area (Å²) in [6.45, 7) is 6.81. The maximum atomic E-state index is 15.3. The second-order valence-electron chi connectivity index (χ2n) is 10.5. The molecule has 2 aromatic rings. The van der Waals surface area contributed by atoms with Gasteiger partial charge in [-0.2, -0.15) is 0 Å². The summed E-state index contributed by atoms with van der Waals surface area (Å²) in [6, 6.07) is 4.90. The lowest BCUT2D eigenvalue weighted by atomic mass is 10.0. The zero-order chi connectivity index (χ0) is 31.9. The number of hydrogen-bond donors (Lipinski definition) is 4. The molecule has 1 amide bonds. The molecule has 0 aliphatic heterocycles. The van der Waals surface area contributed by atoms with Crippen molar-refractivity contribution in [1.29, 1.82) is 0 Å². The lowest BCUT2D eigenvalue weighted by Crippen LogP contribution is -2.45. The predicted octanol–water partition coefficient (Wildman–Crippen LogP) is 2.22. The number of rotatable bonds is 14. The molecule has 0 saturated heterocycles. The maximum absolute atomic E-state index is 15.3. The second-order valence-corrected chi connectivity index (χ2v) is 12.1. The first-order chi connectivity index (χ1) is 20.1. The Kier molecular flexibility index (Phi) is 11.7. The van der Waals surface area contributed by atoms with Crippen LogP contribution in [0.5, 0.6) is 0 Å². The van der Waals surface area contributed by atoms with Crippen molar-refractivity contribution >= 4 is 27.6 Å². The number of carbonyl (C=O) groups excluding carboxylic acids is 2. The molecule has 1 aliphatic carbocycles. The molecule has 43 heavy (non-hydrogen) atoms. The monoisotopic (exact) mass is 624 g/mol. The molecule has 3 rings (SSSR count). The summed E-state index contributed by atoms with van der Waals surface area (Å²) in [5.74, 6) is -1.11. The van der Waals surface area contributed by atoms with E-state index >= 15 is 4.39 Å². The largest absolute Gasteiger partial charge is 0.456 e. The Morgan fingerprint density at radius 2 is 1.98 bits per heavy atom. The Morgan fingerprint density at radius 3 is 2.60 bits per heavy atom. The third kappa shape index (κ3) is 9.74. The number of aromatic nitrogens is 3. The van der Waals surface area contributed by atoms with Gasteiger partial charge in [-0.25, -0.2) is 32.4 Å². The van der Waals surface area contributed by atoms with Crippen molar-refractivity contribution < 1.29 is 42.4 Å². The predicted molar refractivity (Wildman–Crippen MR) is 151 cm³/mol. The molecule has 1 unspecified atom stereocenters. The number of benzene rings is 1. The third-order valence-corrected chi connectivity index (χ3v) is 7.69. The van der Waals surface area contributed by atoms with E-state index in [0.29, 0.717) is 5.82 Å². The second kappa shape index (κ2) is 14.8. The maximum Gasteiger partial charge on any atom is 0.329 e. The van der Waals surface area contributed by atoms with Gasteiger partial charge in [0.2, 0.25) is 15.9 Å². The van der Waals surface area contributed by atoms with Crippen molar-refractivity contribution in [2.24, 2.45) is 11.1 Å². The van der Waals surface area contributed by atoms with Crippen LogP contribution >= 0.6 is 0 Å². The van der Waals surface area contributed by atoms with Gasteiger partial charge in [-0.15, -0.1) is 5.10 Å². The van der Waals surface area contributed by atoms with Crippen LogP contribution in [0.3, 0.4) is 0 Å². The van der Waals surface area contributed by atoms with Crippen LogP contribution < -0.4 is 10.5 Å². The van der Waals surface area contributed by atoms with Crippen molar-refractivity contribution in [3.63, 3.8) is 0 Å². The number of carbonyl (C=O) groups is 2. The summed E-state index contributed by atoms with van der Waals surface area (Å²) in [5.41, 5.74) is 2.97. The van der Waals surface area contributed by atoms with Crippen LogP contribution in [-0.2, 0) is 42.2 Å². The minimum atomic E-state index is -4.07. The molecule has 1 heterocycles. The molecule has 0 fully saturated rings. The molecule has 0 radical (unpaired) electrons. The molecular weight excluding hydrogens is 587 g/mol. The summed E-state index contributed by atoms with van der Waals surface area (Å²) < 4.78 is 45.5. The first kappa shape index (κ1) is 34.0. The standard InChI is InChI=1S/C27H37FN6O8S/c1-16(2)26(31-25(35)6-5-11-42-34(37)38)27(36)41-15-23-30-24(13-19-12-17(3)7-8-18(19)4)33(32-23)22-10-9-20(14-21(22)28)43(29,39)40/h7-10,12,16,21,26,37-38H,5-6,11,13-15H2,1-4H3,(H,31,35)(H2,29,39,40)/t21?,26-/m0/s1. The number of nitrogens with one attached hydrogen (secondary N) is 1. The molecule has 0 spiro atoms. The summed E-state index contributed by atoms with van der Waals surface area (Å²) in [7, 11) is -4.07. The zero-order valence-corrected chi connectivity index (χ0v) is 25.2. The fraction of sp³-hybridized carbons (Fsp3) is 0.481. The quantitative estimate of drug-likeness (QED) is 0.136. The van der Waals surface area contributed by atoms with Gasteiger partial charge in [0.25, 0.3) is 0 Å². The van der Waals surface area contributed by atoms with E-state index < -0.39 is 45.9 Å². The van der Waals surface area contributed by atoms with Crippen molar-refractivity contribution in [3.05, 3.63) is 63.6 Å². The number of nitrogens with zero attached hydrogens (tertiary/aromatic N) is 4. The van der Waals surface area contributed by atoms with Crippen LogP contribution in [0.4, 0.5) is 4.39 Å². The topological polar surface area (TPSA) is 199 Å². The fourth-order valence-electron chi connectivity index (χ4n) is 4.33. The number of esters is 1. The summed E-state index contributed by atoms with van der Waals surface area (Å²) >= 11 is 0. The van der Waals surface area contributed by atoms with E-state index in [1.54, 1.807) is 13.8 Å². The molecule has 1 aromatic heterocycles. The number of halogens is 1. The average molecular weight is 625 g/mol. The van der Waals surface area contributed by atoms with Crippen LogP contribution in [-0.4, -0.2) is 69.7 Å². The van der Waals surface area contributed by atoms with Gasteiger partial charge < -0.3 is 10.1 Å². The van der Waals surface area contributed by atoms with Crippen LogP contribution in [0.25, 0.3) is 5.70 Å². The number of aryl methyl sites for hydroxylation is 2. The molecular formula is C27H37FN6O8S. The number of nitrogens with two attached hydrogens (primary N) is 1. The van der Waals surface area contributed by atoms with Gasteiger partial charge in [0.15, 0.2) is 12.4 Å². The van der Waals surface area contributed by atoms with Gasteiger partial charge in [0, 0.05) is 19.3 Å². The molecule has 14 nitrogen and oxygen atoms in total. The molecule has 0 saturated carbocycles. The van der Waals surface area contributed by atoms with Crippen molar-refractivity contribution in [1.82, 2.24) is 25.5 Å². The Morgan fingerprint density at radius 1 is 1.26 bits per heavy atom. The van der Waals surface area contributed by atoms with Crippen molar-refractivity contribution in [2.75, 3.05) is 6.61 Å². The van der Waals surface area contributed by atoms with E-state index in [2.05, 4.69) is 20.2 Å². The number of allylic oxidation sites excluding steroid dienone is 4. The Hall–Kier alpha value is -3.54. The normalized spacial score (nSPS) is 16.2. The number of primary sulfonamides is 1. The number of sulfonamides is 1. The highest BCUT2D eigenvalue weighted by Crippen LogP contribution is 2.29. The van der Waals surface area contributed by atoms with Gasteiger partial charge in [-0.05, 0) is 49.5 Å². The summed E-state index contributed by atoms with van der Waals surface area (Å²) in [6.07, 6.45) is 0.707. The molecule has 16 heteroatoms. The van der Waals surface area contributed by atoms with Crippen LogP contribution in [0.15, 0.2) is 35.3 Å². The molecule has 5 N–H and O–H groups in total. The number of alkyl halides is 1. The van der Waals surface area contributed by atoms with E-state index in [0.717, 1.165) is 16.7 Å². The van der Waals surface area contributed by atoms with Crippen LogP contribution in [0.2, 0.25) is 0 Å². The van der Waals surface area contributed by atoms with E-state index in [-0.39, 0.29) is 54.8 Å². The molecule has 236 valence electrons. The highest BCUT2D eigenvalue weighted by molar-refractivity contribution is 7.93. The lowest BCUT2D eigenvalue weighted by Gasteiger charge is -2.20. The van der Waals surface area contributed by atoms with Gasteiger partial charge in [-0.1, -0.05) is 37.6 Å². The zero-order valence-electron chi connectivity index (χ0n) is 24.4. The molecule has 0 bridgehead atoms. The minimum Gasteiger partial charge on any atom is -0.456 e. The Labute approximate surface area is 248 Å². The third-order valence-electron chi connectivity index (χ3n) is 6.66. The highest BCUT2D eigenvalue weighted by atomic mass is 32.2. The van der Waals surface area contributed by atoms with Gasteiger partial charge in [0.05, 0.1) is 22.6 Å². The smallest absolute Gasteiger partial charge is 0.329 e. The molecule has 1 aromatic carbocycles. The highest BCUT2D eigenvalue weighted by Gasteiger charge is 2.29. The average Bonchev–Trinajstić information content (AvgIpc) is 3.31. The fourth-order valence-corrected chi connectivity index (χ4v) is 4.97. The van der Waals surface area contributed by atoms with Crippen LogP contribution in [0, 0.1) is 19.8 Å². The van der Waals surface area contributed by atoms with Gasteiger partial charge in [0.1, 0.15) is 18.0 Å².